The molecule has 0 aromatic carbocycles. The van der Waals surface area contributed by atoms with Crippen LogP contribution in [0.3, 0.4) is 0 Å². The summed E-state index contributed by atoms with van der Waals surface area (Å²) in [7, 11) is 0. The van der Waals surface area contributed by atoms with E-state index in [1.54, 1.807) is 24.8 Å². The molecule has 1 aliphatic carbocycles. The van der Waals surface area contributed by atoms with E-state index in [0.717, 1.165) is 42.2 Å². The number of H-pyrrole nitrogens is 1. The molecule has 140 valence electrons. The highest BCUT2D eigenvalue weighted by molar-refractivity contribution is 5.50. The lowest BCUT2D eigenvalue weighted by atomic mass is 10.0. The monoisotopic (exact) mass is 364 g/mol. The molecule has 3 aromatic rings. The maximum Gasteiger partial charge on any atom is 0.217 e. The molecule has 7 nitrogen and oxygen atoms in total. The molecular weight excluding hydrogens is 340 g/mol. The summed E-state index contributed by atoms with van der Waals surface area (Å²) in [4.78, 5) is 12.7. The Labute approximate surface area is 158 Å². The minimum atomic E-state index is 0.182. The standard InChI is InChI=1S/C20H24N6O/c1-13(2)16-4-3-7-23-20(16)27-15-6-5-14(10-15)17-11-18(26-25-17)24-19-12-21-8-9-22-19/h3-4,7-9,11-15H,5-6,10H2,1-2H3,(H2,22,24,25,26). The van der Waals surface area contributed by atoms with Crippen LogP contribution in [0.25, 0.3) is 0 Å². The number of anilines is 2. The Hall–Kier alpha value is -2.96. The van der Waals surface area contributed by atoms with E-state index in [1.165, 1.54) is 0 Å². The summed E-state index contributed by atoms with van der Waals surface area (Å²) >= 11 is 0. The average Bonchev–Trinajstić information content (AvgIpc) is 3.32. The summed E-state index contributed by atoms with van der Waals surface area (Å²) < 4.78 is 6.24. The number of hydrogen-bond donors (Lipinski definition) is 2. The van der Waals surface area contributed by atoms with Gasteiger partial charge in [0.1, 0.15) is 11.9 Å². The number of hydrogen-bond acceptors (Lipinski definition) is 6. The van der Waals surface area contributed by atoms with Crippen LogP contribution in [0.2, 0.25) is 0 Å². The molecule has 2 N–H and O–H groups in total. The average molecular weight is 364 g/mol. The molecule has 0 saturated heterocycles. The van der Waals surface area contributed by atoms with Gasteiger partial charge in [0.05, 0.1) is 6.20 Å². The Morgan fingerprint density at radius 3 is 2.89 bits per heavy atom. The Bertz CT molecular complexity index is 879. The predicted molar refractivity (Wildman–Crippen MR) is 103 cm³/mol. The van der Waals surface area contributed by atoms with E-state index in [4.69, 9.17) is 4.74 Å². The first-order valence-corrected chi connectivity index (χ1v) is 9.39. The van der Waals surface area contributed by atoms with Crippen molar-refractivity contribution in [1.29, 1.82) is 0 Å². The van der Waals surface area contributed by atoms with Crippen LogP contribution in [0.4, 0.5) is 11.6 Å². The lowest BCUT2D eigenvalue weighted by molar-refractivity contribution is 0.196. The Morgan fingerprint density at radius 2 is 2.07 bits per heavy atom. The summed E-state index contributed by atoms with van der Waals surface area (Å²) in [5.74, 6) is 3.01. The molecule has 4 rings (SSSR count). The fourth-order valence-corrected chi connectivity index (χ4v) is 3.53. The van der Waals surface area contributed by atoms with Gasteiger partial charge in [-0.2, -0.15) is 5.10 Å². The van der Waals surface area contributed by atoms with Crippen molar-refractivity contribution in [2.24, 2.45) is 0 Å². The molecule has 0 amide bonds. The zero-order valence-electron chi connectivity index (χ0n) is 15.6. The molecular formula is C20H24N6O. The molecule has 3 aromatic heterocycles. The molecule has 1 fully saturated rings. The van der Waals surface area contributed by atoms with Crippen LogP contribution >= 0.6 is 0 Å². The summed E-state index contributed by atoms with van der Waals surface area (Å²) in [5.41, 5.74) is 2.29. The topological polar surface area (TPSA) is 88.6 Å². The van der Waals surface area contributed by atoms with E-state index in [2.05, 4.69) is 50.4 Å². The van der Waals surface area contributed by atoms with Crippen LogP contribution in [-0.4, -0.2) is 31.3 Å². The highest BCUT2D eigenvalue weighted by atomic mass is 16.5. The van der Waals surface area contributed by atoms with Crippen molar-refractivity contribution in [3.05, 3.63) is 54.2 Å². The minimum absolute atomic E-state index is 0.182. The number of nitrogens with one attached hydrogen (secondary N) is 2. The second kappa shape index (κ2) is 7.73. The maximum atomic E-state index is 6.24. The molecule has 0 radical (unpaired) electrons. The number of aromatic nitrogens is 5. The molecule has 7 heteroatoms. The third-order valence-electron chi connectivity index (χ3n) is 4.94. The minimum Gasteiger partial charge on any atom is -0.474 e. The molecule has 0 spiro atoms. The van der Waals surface area contributed by atoms with Gasteiger partial charge in [-0.15, -0.1) is 0 Å². The van der Waals surface area contributed by atoms with Crippen LogP contribution in [0.1, 0.15) is 56.2 Å². The molecule has 0 bridgehead atoms. The first-order chi connectivity index (χ1) is 13.2. The highest BCUT2D eigenvalue weighted by Gasteiger charge is 2.29. The molecule has 27 heavy (non-hydrogen) atoms. The number of nitrogens with zero attached hydrogens (tertiary/aromatic N) is 4. The molecule has 3 heterocycles. The van der Waals surface area contributed by atoms with Gasteiger partial charge in [0.25, 0.3) is 0 Å². The molecule has 2 unspecified atom stereocenters. The van der Waals surface area contributed by atoms with Gasteiger partial charge in [-0.25, -0.2) is 9.97 Å². The van der Waals surface area contributed by atoms with Gasteiger partial charge in [-0.3, -0.25) is 10.1 Å². The highest BCUT2D eigenvalue weighted by Crippen LogP contribution is 2.37. The number of rotatable bonds is 6. The van der Waals surface area contributed by atoms with E-state index < -0.39 is 0 Å². The van der Waals surface area contributed by atoms with Gasteiger partial charge in [0.2, 0.25) is 5.88 Å². The van der Waals surface area contributed by atoms with Gasteiger partial charge in [0.15, 0.2) is 5.82 Å². The van der Waals surface area contributed by atoms with Crippen molar-refractivity contribution in [3.63, 3.8) is 0 Å². The SMILES string of the molecule is CC(C)c1cccnc1OC1CCC(c2cc(Nc3cnccn3)n[nH]2)C1. The largest absolute Gasteiger partial charge is 0.474 e. The summed E-state index contributed by atoms with van der Waals surface area (Å²) in [6.45, 7) is 4.33. The van der Waals surface area contributed by atoms with Gasteiger partial charge in [-0.05, 0) is 31.2 Å². The Balaban J connectivity index is 1.39. The van der Waals surface area contributed by atoms with Gasteiger partial charge in [-0.1, -0.05) is 19.9 Å². The Morgan fingerprint density at radius 1 is 1.15 bits per heavy atom. The third kappa shape index (κ3) is 4.07. The lowest BCUT2D eigenvalue weighted by Gasteiger charge is -2.17. The second-order valence-electron chi connectivity index (χ2n) is 7.23. The fourth-order valence-electron chi connectivity index (χ4n) is 3.53. The van der Waals surface area contributed by atoms with Crippen molar-refractivity contribution in [2.45, 2.75) is 51.0 Å². The number of pyridine rings is 1. The van der Waals surface area contributed by atoms with Crippen LogP contribution in [0.15, 0.2) is 43.0 Å². The lowest BCUT2D eigenvalue weighted by Crippen LogP contribution is -2.14. The smallest absolute Gasteiger partial charge is 0.217 e. The first kappa shape index (κ1) is 17.5. The molecule has 2 atom stereocenters. The van der Waals surface area contributed by atoms with Crippen LogP contribution in [0.5, 0.6) is 5.88 Å². The van der Waals surface area contributed by atoms with Crippen molar-refractivity contribution < 1.29 is 4.74 Å². The van der Waals surface area contributed by atoms with Crippen molar-refractivity contribution >= 4 is 11.6 Å². The van der Waals surface area contributed by atoms with E-state index in [9.17, 15) is 0 Å². The van der Waals surface area contributed by atoms with Gasteiger partial charge >= 0.3 is 0 Å². The Kier molecular flexibility index (Phi) is 5.00. The van der Waals surface area contributed by atoms with Crippen LogP contribution < -0.4 is 10.1 Å². The van der Waals surface area contributed by atoms with Crippen molar-refractivity contribution in [1.82, 2.24) is 25.1 Å². The molecule has 1 saturated carbocycles. The van der Waals surface area contributed by atoms with E-state index in [-0.39, 0.29) is 6.10 Å². The third-order valence-corrected chi connectivity index (χ3v) is 4.94. The van der Waals surface area contributed by atoms with Gasteiger partial charge in [0, 0.05) is 41.8 Å². The number of ether oxygens (including phenoxy) is 1. The van der Waals surface area contributed by atoms with Crippen LogP contribution in [-0.2, 0) is 0 Å². The molecule has 0 aliphatic heterocycles. The first-order valence-electron chi connectivity index (χ1n) is 9.39. The van der Waals surface area contributed by atoms with E-state index >= 15 is 0 Å². The summed E-state index contributed by atoms with van der Waals surface area (Å²) in [6.07, 6.45) is 10.00. The van der Waals surface area contributed by atoms with Crippen molar-refractivity contribution in [2.75, 3.05) is 5.32 Å². The van der Waals surface area contributed by atoms with E-state index in [0.29, 0.717) is 17.7 Å². The van der Waals surface area contributed by atoms with Crippen LogP contribution in [0, 0.1) is 0 Å². The molecule has 1 aliphatic rings. The zero-order chi connectivity index (χ0) is 18.6. The normalized spacial score (nSPS) is 19.4. The fraction of sp³-hybridized carbons (Fsp3) is 0.400. The van der Waals surface area contributed by atoms with Crippen molar-refractivity contribution in [3.8, 4) is 5.88 Å². The summed E-state index contributed by atoms with van der Waals surface area (Å²) in [6, 6.07) is 6.11. The van der Waals surface area contributed by atoms with Gasteiger partial charge < -0.3 is 10.1 Å². The quantitative estimate of drug-likeness (QED) is 0.682. The maximum absolute atomic E-state index is 6.24. The second-order valence-corrected chi connectivity index (χ2v) is 7.23. The van der Waals surface area contributed by atoms with E-state index in [1.807, 2.05) is 12.1 Å². The zero-order valence-corrected chi connectivity index (χ0v) is 15.6. The predicted octanol–water partition coefficient (Wildman–Crippen LogP) is 4.18. The number of aromatic amines is 1. The summed E-state index contributed by atoms with van der Waals surface area (Å²) in [5, 5.41) is 10.7.